The molecule has 0 radical (unpaired) electrons. The summed E-state index contributed by atoms with van der Waals surface area (Å²) >= 11 is 0. The molecule has 1 aliphatic heterocycles. The molecule has 8 heteroatoms. The fourth-order valence-electron chi connectivity index (χ4n) is 5.22. The van der Waals surface area contributed by atoms with Crippen molar-refractivity contribution in [3.63, 3.8) is 0 Å². The van der Waals surface area contributed by atoms with Crippen LogP contribution in [-0.2, 0) is 20.2 Å². The van der Waals surface area contributed by atoms with Crippen LogP contribution < -0.4 is 5.73 Å². The highest BCUT2D eigenvalue weighted by molar-refractivity contribution is 7.89. The molecule has 1 aliphatic rings. The fourth-order valence-corrected chi connectivity index (χ4v) is 6.38. The number of sulfonamides is 1. The SMILES string of the molecule is CN(CCN1CCC(C(C(N)=O)(c2ccccc2)c2ccccc2)C1)S(=O)(=O)c1ccc(C=O)cc1. The highest BCUT2D eigenvalue weighted by Crippen LogP contribution is 2.43. The molecule has 0 aromatic heterocycles. The Labute approximate surface area is 212 Å². The zero-order chi connectivity index (χ0) is 25.8. The van der Waals surface area contributed by atoms with Gasteiger partial charge in [-0.2, -0.15) is 4.31 Å². The molecule has 0 aliphatic carbocycles. The normalized spacial score (nSPS) is 16.8. The lowest BCUT2D eigenvalue weighted by atomic mass is 9.64. The van der Waals surface area contributed by atoms with Crippen molar-refractivity contribution in [3.8, 4) is 0 Å². The minimum Gasteiger partial charge on any atom is -0.369 e. The summed E-state index contributed by atoms with van der Waals surface area (Å²) in [7, 11) is -2.13. The molecule has 3 aromatic carbocycles. The number of benzene rings is 3. The first-order valence-corrected chi connectivity index (χ1v) is 13.4. The molecule has 36 heavy (non-hydrogen) atoms. The van der Waals surface area contributed by atoms with Crippen LogP contribution in [0.1, 0.15) is 27.9 Å². The van der Waals surface area contributed by atoms with E-state index >= 15 is 0 Å². The third-order valence-corrected chi connectivity index (χ3v) is 9.06. The monoisotopic (exact) mass is 505 g/mol. The molecule has 1 heterocycles. The smallest absolute Gasteiger partial charge is 0.242 e. The Morgan fingerprint density at radius 1 is 1.00 bits per heavy atom. The third-order valence-electron chi connectivity index (χ3n) is 7.19. The van der Waals surface area contributed by atoms with Gasteiger partial charge < -0.3 is 10.6 Å². The van der Waals surface area contributed by atoms with E-state index in [-0.39, 0.29) is 16.7 Å². The number of likely N-dealkylation sites (tertiary alicyclic amines) is 1. The molecule has 1 unspecified atom stereocenters. The predicted molar refractivity (Wildman–Crippen MR) is 139 cm³/mol. The van der Waals surface area contributed by atoms with Crippen molar-refractivity contribution < 1.29 is 18.0 Å². The van der Waals surface area contributed by atoms with Gasteiger partial charge in [0.2, 0.25) is 15.9 Å². The van der Waals surface area contributed by atoms with Crippen molar-refractivity contribution >= 4 is 22.2 Å². The second-order valence-corrected chi connectivity index (χ2v) is 11.2. The Bertz CT molecular complexity index is 1260. The van der Waals surface area contributed by atoms with Gasteiger partial charge in [0.05, 0.1) is 4.90 Å². The average Bonchev–Trinajstić information content (AvgIpc) is 3.38. The lowest BCUT2D eigenvalue weighted by Crippen LogP contribution is -2.49. The molecule has 2 N–H and O–H groups in total. The zero-order valence-electron chi connectivity index (χ0n) is 20.3. The van der Waals surface area contributed by atoms with E-state index in [2.05, 4.69) is 4.90 Å². The van der Waals surface area contributed by atoms with Crippen LogP contribution in [0.25, 0.3) is 0 Å². The molecule has 188 valence electrons. The van der Waals surface area contributed by atoms with Crippen LogP contribution in [0.2, 0.25) is 0 Å². The number of rotatable bonds is 10. The van der Waals surface area contributed by atoms with Crippen LogP contribution in [0, 0.1) is 5.92 Å². The average molecular weight is 506 g/mol. The first kappa shape index (κ1) is 25.8. The summed E-state index contributed by atoms with van der Waals surface area (Å²) in [5.41, 5.74) is 7.35. The van der Waals surface area contributed by atoms with E-state index < -0.39 is 15.4 Å². The van der Waals surface area contributed by atoms with E-state index in [0.29, 0.717) is 31.5 Å². The summed E-state index contributed by atoms with van der Waals surface area (Å²) < 4.78 is 27.3. The molecule has 1 fully saturated rings. The van der Waals surface area contributed by atoms with E-state index in [9.17, 15) is 18.0 Å². The Morgan fingerprint density at radius 3 is 2.06 bits per heavy atom. The summed E-state index contributed by atoms with van der Waals surface area (Å²) in [6.45, 7) is 2.18. The first-order chi connectivity index (χ1) is 17.3. The molecular formula is C28H31N3O4S. The predicted octanol–water partition coefficient (Wildman–Crippen LogP) is 2.91. The van der Waals surface area contributed by atoms with Crippen LogP contribution in [0.15, 0.2) is 89.8 Å². The molecule has 0 bridgehead atoms. The minimum absolute atomic E-state index is 0.0578. The van der Waals surface area contributed by atoms with Crippen LogP contribution in [0.4, 0.5) is 0 Å². The number of carbonyl (C=O) groups is 2. The van der Waals surface area contributed by atoms with E-state index in [0.717, 1.165) is 24.1 Å². The number of nitrogens with zero attached hydrogens (tertiary/aromatic N) is 2. The van der Waals surface area contributed by atoms with Crippen molar-refractivity contribution in [2.75, 3.05) is 33.2 Å². The number of carbonyl (C=O) groups excluding carboxylic acids is 2. The van der Waals surface area contributed by atoms with Crippen molar-refractivity contribution in [1.29, 1.82) is 0 Å². The number of likely N-dealkylation sites (N-methyl/N-ethyl adjacent to an activating group) is 1. The number of hydrogen-bond donors (Lipinski definition) is 1. The Morgan fingerprint density at radius 2 is 1.56 bits per heavy atom. The second-order valence-electron chi connectivity index (χ2n) is 9.20. The standard InChI is InChI=1S/C28H31N3O4S/c1-30(36(34,35)26-14-12-22(21-32)13-15-26)18-19-31-17-16-25(20-31)28(27(29)33,23-8-4-2-5-9-23)24-10-6-3-7-11-24/h2-15,21,25H,16-20H2,1H3,(H2,29,33). The van der Waals surface area contributed by atoms with Crippen LogP contribution in [0.3, 0.4) is 0 Å². The molecule has 1 amide bonds. The van der Waals surface area contributed by atoms with Gasteiger partial charge in [0, 0.05) is 32.2 Å². The van der Waals surface area contributed by atoms with Crippen LogP contribution >= 0.6 is 0 Å². The van der Waals surface area contributed by atoms with Gasteiger partial charge in [-0.25, -0.2) is 8.42 Å². The Balaban J connectivity index is 1.52. The summed E-state index contributed by atoms with van der Waals surface area (Å²) in [4.78, 5) is 26.4. The van der Waals surface area contributed by atoms with E-state index in [1.165, 1.54) is 28.6 Å². The van der Waals surface area contributed by atoms with Crippen molar-refractivity contribution in [3.05, 3.63) is 102 Å². The van der Waals surface area contributed by atoms with Gasteiger partial charge in [0.15, 0.2) is 0 Å². The van der Waals surface area contributed by atoms with Gasteiger partial charge in [-0.3, -0.25) is 9.59 Å². The largest absolute Gasteiger partial charge is 0.369 e. The maximum atomic E-state index is 13.2. The van der Waals surface area contributed by atoms with Gasteiger partial charge in [0.25, 0.3) is 0 Å². The number of aldehydes is 1. The maximum absolute atomic E-state index is 13.2. The Hall–Kier alpha value is -3.33. The van der Waals surface area contributed by atoms with Crippen molar-refractivity contribution in [1.82, 2.24) is 9.21 Å². The van der Waals surface area contributed by atoms with Crippen LogP contribution in [0.5, 0.6) is 0 Å². The molecule has 3 aromatic rings. The van der Waals surface area contributed by atoms with E-state index in [1.54, 1.807) is 7.05 Å². The third kappa shape index (κ3) is 4.84. The van der Waals surface area contributed by atoms with Crippen molar-refractivity contribution in [2.45, 2.75) is 16.7 Å². The topological polar surface area (TPSA) is 101 Å². The molecule has 1 atom stereocenters. The van der Waals surface area contributed by atoms with Crippen LogP contribution in [-0.4, -0.2) is 63.0 Å². The Kier molecular flexibility index (Phi) is 7.68. The molecule has 1 saturated heterocycles. The summed E-state index contributed by atoms with van der Waals surface area (Å²) in [6, 6.07) is 25.2. The number of hydrogen-bond acceptors (Lipinski definition) is 5. The molecule has 0 spiro atoms. The lowest BCUT2D eigenvalue weighted by molar-refractivity contribution is -0.123. The zero-order valence-corrected chi connectivity index (χ0v) is 21.1. The van der Waals surface area contributed by atoms with Gasteiger partial charge in [0.1, 0.15) is 11.7 Å². The second kappa shape index (κ2) is 10.7. The first-order valence-electron chi connectivity index (χ1n) is 11.9. The fraction of sp³-hybridized carbons (Fsp3) is 0.286. The lowest BCUT2D eigenvalue weighted by Gasteiger charge is -2.37. The summed E-state index contributed by atoms with van der Waals surface area (Å²) in [6.07, 6.45) is 1.44. The van der Waals surface area contributed by atoms with Gasteiger partial charge in [-0.1, -0.05) is 72.8 Å². The van der Waals surface area contributed by atoms with Gasteiger partial charge in [-0.05, 0) is 42.1 Å². The highest BCUT2D eigenvalue weighted by atomic mass is 32.2. The molecule has 4 rings (SSSR count). The molecule has 0 saturated carbocycles. The number of nitrogens with two attached hydrogens (primary N) is 1. The summed E-state index contributed by atoms with van der Waals surface area (Å²) in [5, 5.41) is 0. The van der Waals surface area contributed by atoms with E-state index in [1.807, 2.05) is 60.7 Å². The van der Waals surface area contributed by atoms with Gasteiger partial charge in [-0.15, -0.1) is 0 Å². The van der Waals surface area contributed by atoms with E-state index in [4.69, 9.17) is 5.73 Å². The quantitative estimate of drug-likeness (QED) is 0.427. The summed E-state index contributed by atoms with van der Waals surface area (Å²) in [5.74, 6) is -0.442. The van der Waals surface area contributed by atoms with Gasteiger partial charge >= 0.3 is 0 Å². The van der Waals surface area contributed by atoms with Crippen molar-refractivity contribution in [2.24, 2.45) is 11.7 Å². The number of primary amides is 1. The maximum Gasteiger partial charge on any atom is 0.242 e. The molecule has 7 nitrogen and oxygen atoms in total. The molecular weight excluding hydrogens is 474 g/mol. The highest BCUT2D eigenvalue weighted by Gasteiger charge is 2.49. The number of amides is 1. The minimum atomic E-state index is -3.68.